The number of rotatable bonds is 17. The van der Waals surface area contributed by atoms with Gasteiger partial charge in [0.15, 0.2) is 0 Å². The first-order valence-electron chi connectivity index (χ1n) is 14.0. The second-order valence-electron chi connectivity index (χ2n) is 11.5. The van der Waals surface area contributed by atoms with Crippen molar-refractivity contribution in [1.29, 1.82) is 0 Å². The predicted octanol–water partition coefficient (Wildman–Crippen LogP) is 10.3. The third-order valence-electron chi connectivity index (χ3n) is 7.53. The molecule has 0 aliphatic rings. The molecular formula is C28H16F26Se2. The molecule has 0 atom stereocenters. The summed E-state index contributed by atoms with van der Waals surface area (Å²) in [6.45, 7) is 0. The van der Waals surface area contributed by atoms with Crippen LogP contribution in [0.25, 0.3) is 0 Å². The van der Waals surface area contributed by atoms with E-state index in [1.807, 2.05) is 0 Å². The molecule has 0 fully saturated rings. The van der Waals surface area contributed by atoms with E-state index in [9.17, 15) is 114 Å². The topological polar surface area (TPSA) is 0 Å². The van der Waals surface area contributed by atoms with Crippen molar-refractivity contribution in [2.45, 2.75) is 97.3 Å². The quantitative estimate of drug-likeness (QED) is 0.109. The van der Waals surface area contributed by atoms with Gasteiger partial charge < -0.3 is 0 Å². The zero-order chi connectivity index (χ0) is 44.2. The van der Waals surface area contributed by atoms with Crippen LogP contribution < -0.4 is 8.92 Å². The molecule has 0 aromatic heterocycles. The van der Waals surface area contributed by atoms with Crippen molar-refractivity contribution < 1.29 is 114 Å². The Balaban J connectivity index is 2.07. The van der Waals surface area contributed by atoms with Crippen LogP contribution in [-0.2, 0) is 12.8 Å². The molecule has 0 amide bonds. The van der Waals surface area contributed by atoms with Gasteiger partial charge in [-0.15, -0.1) is 0 Å². The van der Waals surface area contributed by atoms with Crippen molar-refractivity contribution in [2.75, 3.05) is 0 Å². The number of hydrogen-bond acceptors (Lipinski definition) is 0. The number of halogens is 26. The number of aryl methyl sites for hydroxylation is 2. The van der Waals surface area contributed by atoms with E-state index in [0.29, 0.717) is 8.92 Å². The summed E-state index contributed by atoms with van der Waals surface area (Å²) in [4.78, 5) is 0. The molecule has 2 aromatic rings. The van der Waals surface area contributed by atoms with Crippen LogP contribution in [-0.4, -0.2) is 97.8 Å². The Morgan fingerprint density at radius 2 is 0.500 bits per heavy atom. The van der Waals surface area contributed by atoms with Gasteiger partial charge in [-0.1, -0.05) is 0 Å². The Morgan fingerprint density at radius 1 is 0.286 bits per heavy atom. The molecule has 0 spiro atoms. The average Bonchev–Trinajstić information content (AvgIpc) is 3.04. The van der Waals surface area contributed by atoms with Gasteiger partial charge in [-0.2, -0.15) is 26.3 Å². The van der Waals surface area contributed by atoms with E-state index in [0.717, 1.165) is 48.5 Å². The molecule has 0 bridgehead atoms. The SMILES string of the molecule is FC(F)(F)C(F)(F)C(F)(F)C(F)(F)C(F)(F)C(F)(F)CCc1ccc([Se][Se]c2ccc(CCC(F)(F)C(F)(F)C(F)(F)C(F)(F)C(F)(F)C(F)(F)F)cc2)cc1. The van der Waals surface area contributed by atoms with Crippen LogP contribution in [0.15, 0.2) is 48.5 Å². The van der Waals surface area contributed by atoms with Crippen LogP contribution in [0.2, 0.25) is 0 Å². The van der Waals surface area contributed by atoms with E-state index in [4.69, 9.17) is 0 Å². The van der Waals surface area contributed by atoms with Crippen molar-refractivity contribution in [2.24, 2.45) is 0 Å². The molecule has 56 heavy (non-hydrogen) atoms. The molecule has 0 unspecified atom stereocenters. The van der Waals surface area contributed by atoms with E-state index in [1.54, 1.807) is 0 Å². The molecule has 2 aromatic carbocycles. The van der Waals surface area contributed by atoms with Crippen LogP contribution in [0.5, 0.6) is 0 Å². The molecule has 0 nitrogen and oxygen atoms in total. The van der Waals surface area contributed by atoms with E-state index >= 15 is 0 Å². The van der Waals surface area contributed by atoms with Gasteiger partial charge in [0, 0.05) is 0 Å². The van der Waals surface area contributed by atoms with Crippen LogP contribution >= 0.6 is 0 Å². The number of hydrogen-bond donors (Lipinski definition) is 0. The van der Waals surface area contributed by atoms with Gasteiger partial charge in [-0.25, -0.2) is 0 Å². The van der Waals surface area contributed by atoms with Crippen LogP contribution in [0.4, 0.5) is 114 Å². The molecule has 322 valence electrons. The zero-order valence-corrected chi connectivity index (χ0v) is 29.5. The fraction of sp³-hybridized carbons (Fsp3) is 0.571. The Kier molecular flexibility index (Phi) is 13.7. The molecule has 0 N–H and O–H groups in total. The van der Waals surface area contributed by atoms with Gasteiger partial charge in [0.1, 0.15) is 0 Å². The van der Waals surface area contributed by atoms with Crippen LogP contribution in [0, 0.1) is 0 Å². The second-order valence-corrected chi connectivity index (χ2v) is 17.8. The first-order chi connectivity index (χ1) is 24.6. The molecule has 0 aliphatic carbocycles. The summed E-state index contributed by atoms with van der Waals surface area (Å²) >= 11 is -1.27. The summed E-state index contributed by atoms with van der Waals surface area (Å²) < 4.78 is 346. The fourth-order valence-corrected chi connectivity index (χ4v) is 10.0. The summed E-state index contributed by atoms with van der Waals surface area (Å²) in [7, 11) is 0. The van der Waals surface area contributed by atoms with E-state index < -0.39 is 124 Å². The van der Waals surface area contributed by atoms with Crippen molar-refractivity contribution in [1.82, 2.24) is 0 Å². The number of alkyl halides is 26. The Labute approximate surface area is 306 Å². The molecule has 0 aliphatic heterocycles. The third kappa shape index (κ3) is 8.53. The maximum absolute atomic E-state index is 14.1. The molecule has 2 rings (SSSR count). The standard InChI is InChI=1S/C28H16F26Se2/c29-17(30,19(33,34)21(37,38)23(41,42)25(45,46)27(49,50)51)11-9-13-1-5-15(6-2-13)55-56-16-7-3-14(4-8-16)10-12-18(31,32)20(35,36)22(39,40)24(43,44)26(47,48)28(52,53)54/h1-8H,9-12H2. The fourth-order valence-electron chi connectivity index (χ4n) is 4.04. The normalized spacial score (nSPS) is 15.4. The minimum absolute atomic E-state index is 0.346. The molecule has 0 radical (unpaired) electrons. The van der Waals surface area contributed by atoms with Gasteiger partial charge in [-0.05, 0) is 0 Å². The second kappa shape index (κ2) is 15.4. The van der Waals surface area contributed by atoms with Gasteiger partial charge >= 0.3 is 280 Å². The Morgan fingerprint density at radius 3 is 0.714 bits per heavy atom. The molecule has 0 heterocycles. The number of benzene rings is 2. The molecule has 0 saturated carbocycles. The maximum atomic E-state index is 14.1. The van der Waals surface area contributed by atoms with Crippen molar-refractivity contribution in [3.8, 4) is 0 Å². The van der Waals surface area contributed by atoms with Crippen molar-refractivity contribution >= 4 is 35.2 Å². The van der Waals surface area contributed by atoms with Gasteiger partial charge in [-0.3, -0.25) is 0 Å². The van der Waals surface area contributed by atoms with Crippen molar-refractivity contribution in [3.05, 3.63) is 59.7 Å². The summed E-state index contributed by atoms with van der Waals surface area (Å²) in [5.41, 5.74) is -0.768. The predicted molar refractivity (Wildman–Crippen MR) is 142 cm³/mol. The Bertz CT molecular complexity index is 1500. The molecule has 0 saturated heterocycles. The van der Waals surface area contributed by atoms with Crippen LogP contribution in [0.3, 0.4) is 0 Å². The Hall–Kier alpha value is -2.34. The van der Waals surface area contributed by atoms with E-state index in [2.05, 4.69) is 0 Å². The molecular weight excluding hydrogens is 988 g/mol. The van der Waals surface area contributed by atoms with Gasteiger partial charge in [0.25, 0.3) is 0 Å². The molecule has 28 heteroatoms. The van der Waals surface area contributed by atoms with E-state index in [-0.39, 0.29) is 11.1 Å². The van der Waals surface area contributed by atoms with Gasteiger partial charge in [0.2, 0.25) is 0 Å². The summed E-state index contributed by atoms with van der Waals surface area (Å²) in [5.74, 6) is -75.1. The third-order valence-corrected chi connectivity index (χ3v) is 14.8. The van der Waals surface area contributed by atoms with Gasteiger partial charge in [0.05, 0.1) is 0 Å². The van der Waals surface area contributed by atoms with E-state index in [1.165, 1.54) is 0 Å². The monoisotopic (exact) mass is 1010 g/mol. The summed E-state index contributed by atoms with van der Waals surface area (Å²) in [6, 6.07) is 8.15. The van der Waals surface area contributed by atoms with Crippen molar-refractivity contribution in [3.63, 3.8) is 0 Å². The van der Waals surface area contributed by atoms with Crippen LogP contribution in [0.1, 0.15) is 24.0 Å². The summed E-state index contributed by atoms with van der Waals surface area (Å²) in [5, 5.41) is 0. The zero-order valence-electron chi connectivity index (χ0n) is 26.1. The minimum atomic E-state index is -8.04. The first kappa shape index (κ1) is 49.8. The summed E-state index contributed by atoms with van der Waals surface area (Å²) in [6.07, 6.45) is -22.7. The first-order valence-corrected chi connectivity index (χ1v) is 20.1. The average molecular weight is 1000 g/mol.